The van der Waals surface area contributed by atoms with Gasteiger partial charge in [-0.3, -0.25) is 4.98 Å². The Balaban J connectivity index is 2.37. The quantitative estimate of drug-likeness (QED) is 0.810. The Kier molecular flexibility index (Phi) is 3.14. The monoisotopic (exact) mass is 244 g/mol. The molecule has 0 aliphatic rings. The Morgan fingerprint density at radius 1 is 1.33 bits per heavy atom. The smallest absolute Gasteiger partial charge is 0.335 e. The van der Waals surface area contributed by atoms with E-state index in [1.807, 2.05) is 0 Å². The Morgan fingerprint density at radius 2 is 2.11 bits per heavy atom. The lowest BCUT2D eigenvalue weighted by atomic mass is 10.2. The number of nitrogen functional groups attached to an aromatic ring is 1. The van der Waals surface area contributed by atoms with Crippen molar-refractivity contribution in [3.8, 4) is 11.5 Å². The Bertz CT molecular complexity index is 597. The highest BCUT2D eigenvalue weighted by Gasteiger charge is 2.09. The van der Waals surface area contributed by atoms with Gasteiger partial charge in [-0.15, -0.1) is 0 Å². The summed E-state index contributed by atoms with van der Waals surface area (Å²) < 4.78 is 5.58. The van der Waals surface area contributed by atoms with Crippen LogP contribution in [0.4, 0.5) is 5.69 Å². The minimum absolute atomic E-state index is 0.126. The zero-order valence-electron chi connectivity index (χ0n) is 9.75. The molecule has 18 heavy (non-hydrogen) atoms. The molecule has 0 bridgehead atoms. The third kappa shape index (κ3) is 2.40. The number of anilines is 1. The van der Waals surface area contributed by atoms with Crippen LogP contribution in [-0.2, 0) is 0 Å². The van der Waals surface area contributed by atoms with Crippen LogP contribution < -0.4 is 10.5 Å². The van der Waals surface area contributed by atoms with Crippen molar-refractivity contribution in [1.29, 1.82) is 0 Å². The molecule has 0 radical (unpaired) electrons. The predicted molar refractivity (Wildman–Crippen MR) is 66.9 cm³/mol. The average Bonchev–Trinajstić information content (AvgIpc) is 2.34. The molecule has 0 spiro atoms. The third-order valence-corrected chi connectivity index (χ3v) is 2.44. The van der Waals surface area contributed by atoms with Crippen LogP contribution in [0.25, 0.3) is 0 Å². The van der Waals surface area contributed by atoms with Crippen molar-refractivity contribution in [3.05, 3.63) is 47.8 Å². The van der Waals surface area contributed by atoms with Gasteiger partial charge in [0, 0.05) is 6.20 Å². The van der Waals surface area contributed by atoms with E-state index in [0.29, 0.717) is 22.9 Å². The van der Waals surface area contributed by atoms with E-state index in [1.54, 1.807) is 25.3 Å². The van der Waals surface area contributed by atoms with Gasteiger partial charge in [0.25, 0.3) is 0 Å². The van der Waals surface area contributed by atoms with E-state index in [9.17, 15) is 4.79 Å². The second-order valence-electron chi connectivity index (χ2n) is 3.75. The number of nitrogens with two attached hydrogens (primary N) is 1. The first kappa shape index (κ1) is 11.9. The van der Waals surface area contributed by atoms with Gasteiger partial charge in [0.15, 0.2) is 5.75 Å². The standard InChI is InChI=1S/C13H12N2O3/c1-8-11(3-2-6-15-8)18-12-7-9(13(16)17)4-5-10(12)14/h2-7H,14H2,1H3,(H,16,17). The molecule has 1 aromatic heterocycles. The molecule has 2 rings (SSSR count). The van der Waals surface area contributed by atoms with E-state index in [0.717, 1.165) is 0 Å². The lowest BCUT2D eigenvalue weighted by Crippen LogP contribution is -2.00. The second kappa shape index (κ2) is 4.75. The highest BCUT2D eigenvalue weighted by Crippen LogP contribution is 2.29. The van der Waals surface area contributed by atoms with Gasteiger partial charge in [0.1, 0.15) is 5.75 Å². The van der Waals surface area contributed by atoms with E-state index in [1.165, 1.54) is 18.2 Å². The zero-order chi connectivity index (χ0) is 13.1. The van der Waals surface area contributed by atoms with Gasteiger partial charge < -0.3 is 15.6 Å². The zero-order valence-corrected chi connectivity index (χ0v) is 9.75. The number of nitrogens with zero attached hydrogens (tertiary/aromatic N) is 1. The summed E-state index contributed by atoms with van der Waals surface area (Å²) in [5.74, 6) is -0.166. The number of rotatable bonds is 3. The maximum absolute atomic E-state index is 10.9. The van der Waals surface area contributed by atoms with E-state index in [4.69, 9.17) is 15.6 Å². The first-order valence-electron chi connectivity index (χ1n) is 5.30. The molecular weight excluding hydrogens is 232 g/mol. The predicted octanol–water partition coefficient (Wildman–Crippen LogP) is 2.46. The van der Waals surface area contributed by atoms with Gasteiger partial charge >= 0.3 is 5.97 Å². The van der Waals surface area contributed by atoms with E-state index in [2.05, 4.69) is 4.98 Å². The summed E-state index contributed by atoms with van der Waals surface area (Å²) in [6.45, 7) is 1.80. The summed E-state index contributed by atoms with van der Waals surface area (Å²) in [7, 11) is 0. The number of benzene rings is 1. The second-order valence-corrected chi connectivity index (χ2v) is 3.75. The number of ether oxygens (including phenoxy) is 1. The molecule has 0 unspecified atom stereocenters. The number of aryl methyl sites for hydroxylation is 1. The summed E-state index contributed by atoms with van der Waals surface area (Å²) in [5, 5.41) is 8.91. The fraction of sp³-hybridized carbons (Fsp3) is 0.0769. The summed E-state index contributed by atoms with van der Waals surface area (Å²) in [6.07, 6.45) is 1.65. The van der Waals surface area contributed by atoms with Gasteiger partial charge in [-0.05, 0) is 37.3 Å². The molecule has 92 valence electrons. The van der Waals surface area contributed by atoms with Crippen LogP contribution in [0, 0.1) is 6.92 Å². The Morgan fingerprint density at radius 3 is 2.78 bits per heavy atom. The lowest BCUT2D eigenvalue weighted by Gasteiger charge is -2.10. The van der Waals surface area contributed by atoms with E-state index in [-0.39, 0.29) is 5.56 Å². The molecule has 3 N–H and O–H groups in total. The number of aromatic nitrogens is 1. The first-order valence-corrected chi connectivity index (χ1v) is 5.30. The summed E-state index contributed by atoms with van der Waals surface area (Å²) >= 11 is 0. The molecule has 0 saturated carbocycles. The normalized spacial score (nSPS) is 10.1. The van der Waals surface area contributed by atoms with Crippen LogP contribution >= 0.6 is 0 Å². The maximum Gasteiger partial charge on any atom is 0.335 e. The topological polar surface area (TPSA) is 85.4 Å². The molecule has 2 aromatic rings. The number of pyridine rings is 1. The SMILES string of the molecule is Cc1ncccc1Oc1cc(C(=O)O)ccc1N. The first-order chi connectivity index (χ1) is 8.58. The van der Waals surface area contributed by atoms with Crippen LogP contribution in [0.5, 0.6) is 11.5 Å². The minimum atomic E-state index is -1.03. The molecule has 0 aliphatic heterocycles. The van der Waals surface area contributed by atoms with Crippen LogP contribution in [0.15, 0.2) is 36.5 Å². The summed E-state index contributed by atoms with van der Waals surface area (Å²) in [6, 6.07) is 7.81. The molecule has 0 fully saturated rings. The fourth-order valence-corrected chi connectivity index (χ4v) is 1.45. The molecule has 1 aromatic carbocycles. The van der Waals surface area contributed by atoms with Gasteiger partial charge in [-0.2, -0.15) is 0 Å². The van der Waals surface area contributed by atoms with Crippen LogP contribution in [0.2, 0.25) is 0 Å². The van der Waals surface area contributed by atoms with Crippen LogP contribution in [0.3, 0.4) is 0 Å². The molecule has 1 heterocycles. The molecule has 5 nitrogen and oxygen atoms in total. The maximum atomic E-state index is 10.9. The van der Waals surface area contributed by atoms with Gasteiger partial charge in [0.2, 0.25) is 0 Å². The minimum Gasteiger partial charge on any atom is -0.478 e. The van der Waals surface area contributed by atoms with Crippen molar-refractivity contribution in [2.75, 3.05) is 5.73 Å². The number of carboxylic acids is 1. The number of hydrogen-bond acceptors (Lipinski definition) is 4. The summed E-state index contributed by atoms with van der Waals surface area (Å²) in [4.78, 5) is 15.0. The van der Waals surface area contributed by atoms with Crippen LogP contribution in [0.1, 0.15) is 16.1 Å². The number of carboxylic acid groups (broad SMARTS) is 1. The van der Waals surface area contributed by atoms with Crippen molar-refractivity contribution >= 4 is 11.7 Å². The molecule has 5 heteroatoms. The number of aromatic carboxylic acids is 1. The third-order valence-electron chi connectivity index (χ3n) is 2.44. The van der Waals surface area contributed by atoms with Crippen molar-refractivity contribution in [2.24, 2.45) is 0 Å². The number of carbonyl (C=O) groups is 1. The highest BCUT2D eigenvalue weighted by atomic mass is 16.5. The molecule has 0 amide bonds. The fourth-order valence-electron chi connectivity index (χ4n) is 1.45. The lowest BCUT2D eigenvalue weighted by molar-refractivity contribution is 0.0696. The van der Waals surface area contributed by atoms with Crippen molar-refractivity contribution in [2.45, 2.75) is 6.92 Å². The molecular formula is C13H12N2O3. The molecule has 0 atom stereocenters. The largest absolute Gasteiger partial charge is 0.478 e. The molecule has 0 aliphatic carbocycles. The van der Waals surface area contributed by atoms with Crippen molar-refractivity contribution < 1.29 is 14.6 Å². The van der Waals surface area contributed by atoms with E-state index >= 15 is 0 Å². The van der Waals surface area contributed by atoms with Crippen LogP contribution in [-0.4, -0.2) is 16.1 Å². The van der Waals surface area contributed by atoms with Gasteiger partial charge in [0.05, 0.1) is 16.9 Å². The van der Waals surface area contributed by atoms with Gasteiger partial charge in [-0.1, -0.05) is 0 Å². The molecule has 0 saturated heterocycles. The highest BCUT2D eigenvalue weighted by molar-refractivity contribution is 5.89. The Labute approximate surface area is 104 Å². The van der Waals surface area contributed by atoms with Gasteiger partial charge in [-0.25, -0.2) is 4.79 Å². The Hall–Kier alpha value is -2.56. The number of hydrogen-bond donors (Lipinski definition) is 2. The summed E-state index contributed by atoms with van der Waals surface area (Å²) in [5.41, 5.74) is 6.96. The van der Waals surface area contributed by atoms with Crippen molar-refractivity contribution in [3.63, 3.8) is 0 Å². The average molecular weight is 244 g/mol. The van der Waals surface area contributed by atoms with Crippen molar-refractivity contribution in [1.82, 2.24) is 4.98 Å². The van der Waals surface area contributed by atoms with E-state index < -0.39 is 5.97 Å².